The van der Waals surface area contributed by atoms with Crippen molar-refractivity contribution in [3.05, 3.63) is 45.3 Å². The number of fused-ring (bicyclic) bond motifs is 1. The normalized spacial score (nSPS) is 16.0. The van der Waals surface area contributed by atoms with E-state index in [1.165, 1.54) is 16.9 Å². The molecular weight excluding hydrogens is 372 g/mol. The summed E-state index contributed by atoms with van der Waals surface area (Å²) in [7, 11) is 0. The van der Waals surface area contributed by atoms with Gasteiger partial charge < -0.3 is 15.8 Å². The molecule has 3 N–H and O–H groups in total. The average Bonchev–Trinajstić information content (AvgIpc) is 2.96. The molecule has 0 fully saturated rings. The number of nitrogens with one attached hydrogen (secondary N) is 1. The van der Waals surface area contributed by atoms with Crippen molar-refractivity contribution in [1.29, 1.82) is 0 Å². The molecule has 0 spiro atoms. The Hall–Kier alpha value is -2.34. The van der Waals surface area contributed by atoms with Gasteiger partial charge in [0.15, 0.2) is 6.61 Å². The third kappa shape index (κ3) is 4.38. The topological polar surface area (TPSA) is 81.4 Å². The summed E-state index contributed by atoms with van der Waals surface area (Å²) in [4.78, 5) is 25.5. The number of benzene rings is 1. The average molecular weight is 401 g/mol. The minimum Gasteiger partial charge on any atom is -0.484 e. The van der Waals surface area contributed by atoms with Crippen LogP contribution >= 0.6 is 11.3 Å². The van der Waals surface area contributed by atoms with Crippen molar-refractivity contribution in [2.75, 3.05) is 11.9 Å². The molecular formula is C22H28N2O3S. The van der Waals surface area contributed by atoms with Crippen molar-refractivity contribution in [3.8, 4) is 5.75 Å². The molecule has 0 saturated heterocycles. The number of hydrogen-bond donors (Lipinski definition) is 2. The third-order valence-electron chi connectivity index (χ3n) is 5.24. The van der Waals surface area contributed by atoms with Crippen LogP contribution in [0.2, 0.25) is 0 Å². The maximum absolute atomic E-state index is 12.4. The van der Waals surface area contributed by atoms with E-state index in [0.717, 1.165) is 35.3 Å². The minimum absolute atomic E-state index is 0.113. The van der Waals surface area contributed by atoms with Crippen molar-refractivity contribution in [1.82, 2.24) is 0 Å². The fraction of sp³-hybridized carbons (Fsp3) is 0.455. The zero-order valence-electron chi connectivity index (χ0n) is 16.9. The highest BCUT2D eigenvalue weighted by Gasteiger charge is 2.27. The molecule has 0 unspecified atom stereocenters. The fourth-order valence-corrected chi connectivity index (χ4v) is 5.23. The van der Waals surface area contributed by atoms with Crippen molar-refractivity contribution >= 4 is 28.2 Å². The van der Waals surface area contributed by atoms with Gasteiger partial charge in [-0.2, -0.15) is 0 Å². The van der Waals surface area contributed by atoms with E-state index in [1.54, 1.807) is 0 Å². The highest BCUT2D eigenvalue weighted by atomic mass is 32.1. The van der Waals surface area contributed by atoms with Crippen molar-refractivity contribution in [2.24, 2.45) is 11.7 Å². The first-order valence-corrected chi connectivity index (χ1v) is 10.6. The highest BCUT2D eigenvalue weighted by molar-refractivity contribution is 7.17. The van der Waals surface area contributed by atoms with E-state index in [2.05, 4.69) is 26.1 Å². The molecule has 28 heavy (non-hydrogen) atoms. The fourth-order valence-electron chi connectivity index (χ4n) is 3.80. The molecule has 1 heterocycles. The predicted octanol–water partition coefficient (Wildman–Crippen LogP) is 4.42. The van der Waals surface area contributed by atoms with Gasteiger partial charge in [0.1, 0.15) is 10.8 Å². The van der Waals surface area contributed by atoms with Gasteiger partial charge in [0, 0.05) is 4.88 Å². The second kappa shape index (κ2) is 8.35. The van der Waals surface area contributed by atoms with Crippen LogP contribution in [-0.4, -0.2) is 18.4 Å². The molecule has 2 amide bonds. The Labute approximate surface area is 170 Å². The smallest absolute Gasteiger partial charge is 0.262 e. The molecule has 150 valence electrons. The predicted molar refractivity (Wildman–Crippen MR) is 113 cm³/mol. The van der Waals surface area contributed by atoms with E-state index in [0.29, 0.717) is 28.1 Å². The molecule has 1 aromatic carbocycles. The number of primary amides is 1. The lowest BCUT2D eigenvalue weighted by Gasteiger charge is -2.18. The molecule has 1 aliphatic carbocycles. The van der Waals surface area contributed by atoms with Gasteiger partial charge in [-0.1, -0.05) is 26.8 Å². The summed E-state index contributed by atoms with van der Waals surface area (Å²) < 4.78 is 5.65. The summed E-state index contributed by atoms with van der Waals surface area (Å²) in [6.07, 6.45) is 2.79. The van der Waals surface area contributed by atoms with Gasteiger partial charge in [-0.3, -0.25) is 9.59 Å². The van der Waals surface area contributed by atoms with Crippen LogP contribution in [0, 0.1) is 12.8 Å². The number of thiophene rings is 1. The molecule has 0 radical (unpaired) electrons. The van der Waals surface area contributed by atoms with E-state index < -0.39 is 5.91 Å². The number of carbonyl (C=O) groups excluding carboxylic acids is 2. The lowest BCUT2D eigenvalue weighted by atomic mass is 9.88. The van der Waals surface area contributed by atoms with Crippen LogP contribution in [0.25, 0.3) is 0 Å². The second-order valence-electron chi connectivity index (χ2n) is 7.93. The van der Waals surface area contributed by atoms with Crippen LogP contribution < -0.4 is 15.8 Å². The van der Waals surface area contributed by atoms with Crippen LogP contribution in [0.5, 0.6) is 5.75 Å². The summed E-state index contributed by atoms with van der Waals surface area (Å²) >= 11 is 1.46. The number of carbonyl (C=O) groups is 2. The number of anilines is 1. The number of nitrogens with two attached hydrogens (primary N) is 1. The number of aryl methyl sites for hydroxylation is 1. The quantitative estimate of drug-likeness (QED) is 0.753. The van der Waals surface area contributed by atoms with Crippen LogP contribution in [0.3, 0.4) is 0 Å². The first-order valence-electron chi connectivity index (χ1n) is 9.73. The van der Waals surface area contributed by atoms with Gasteiger partial charge in [-0.15, -0.1) is 11.3 Å². The van der Waals surface area contributed by atoms with E-state index >= 15 is 0 Å². The first kappa shape index (κ1) is 20.4. The number of ether oxygens (including phenoxy) is 1. The standard InChI is InChI=1S/C22H28N2O3S/c1-12(2)16-8-6-15(10-14(16)4)27-11-19(25)24-22-20(21(23)26)17-7-5-13(3)9-18(17)28-22/h6,8,10,12-13H,5,7,9,11H2,1-4H3,(H2,23,26)(H,24,25)/t13-/m0/s1. The summed E-state index contributed by atoms with van der Waals surface area (Å²) in [6.45, 7) is 8.42. The van der Waals surface area contributed by atoms with Crippen molar-refractivity contribution in [3.63, 3.8) is 0 Å². The summed E-state index contributed by atoms with van der Waals surface area (Å²) in [5.41, 5.74) is 9.48. The van der Waals surface area contributed by atoms with Gasteiger partial charge in [0.05, 0.1) is 5.56 Å². The van der Waals surface area contributed by atoms with Crippen LogP contribution in [0.15, 0.2) is 18.2 Å². The van der Waals surface area contributed by atoms with Crippen molar-refractivity contribution in [2.45, 2.75) is 52.9 Å². The third-order valence-corrected chi connectivity index (χ3v) is 6.41. The van der Waals surface area contributed by atoms with E-state index in [-0.39, 0.29) is 12.5 Å². The number of rotatable bonds is 6. The number of amides is 2. The van der Waals surface area contributed by atoms with E-state index in [1.807, 2.05) is 25.1 Å². The molecule has 1 aromatic heterocycles. The van der Waals surface area contributed by atoms with E-state index in [9.17, 15) is 9.59 Å². The monoisotopic (exact) mass is 400 g/mol. The molecule has 0 bridgehead atoms. The molecule has 1 atom stereocenters. The SMILES string of the molecule is Cc1cc(OCC(=O)Nc2sc3c(c2C(N)=O)CC[C@H](C)C3)ccc1C(C)C. The van der Waals surface area contributed by atoms with Gasteiger partial charge in [-0.25, -0.2) is 0 Å². The Bertz CT molecular complexity index is 901. The lowest BCUT2D eigenvalue weighted by molar-refractivity contribution is -0.118. The van der Waals surface area contributed by atoms with Crippen molar-refractivity contribution < 1.29 is 14.3 Å². The summed E-state index contributed by atoms with van der Waals surface area (Å²) in [6, 6.07) is 5.87. The Morgan fingerprint density at radius 3 is 2.75 bits per heavy atom. The van der Waals surface area contributed by atoms with Crippen LogP contribution in [-0.2, 0) is 17.6 Å². The molecule has 3 rings (SSSR count). The maximum atomic E-state index is 12.4. The molecule has 0 saturated carbocycles. The molecule has 5 nitrogen and oxygen atoms in total. The molecule has 1 aliphatic rings. The molecule has 0 aliphatic heterocycles. The lowest BCUT2D eigenvalue weighted by Crippen LogP contribution is -2.22. The summed E-state index contributed by atoms with van der Waals surface area (Å²) in [5, 5.41) is 3.38. The zero-order valence-corrected chi connectivity index (χ0v) is 17.7. The Morgan fingerprint density at radius 2 is 2.11 bits per heavy atom. The van der Waals surface area contributed by atoms with Gasteiger partial charge >= 0.3 is 0 Å². The number of hydrogen-bond acceptors (Lipinski definition) is 4. The first-order chi connectivity index (χ1) is 13.3. The van der Waals surface area contributed by atoms with E-state index in [4.69, 9.17) is 10.5 Å². The Kier molecular flexibility index (Phi) is 6.08. The van der Waals surface area contributed by atoms with Crippen LogP contribution in [0.4, 0.5) is 5.00 Å². The zero-order chi connectivity index (χ0) is 20.4. The van der Waals surface area contributed by atoms with Gasteiger partial charge in [0.2, 0.25) is 0 Å². The largest absolute Gasteiger partial charge is 0.484 e. The van der Waals surface area contributed by atoms with Gasteiger partial charge in [0.25, 0.3) is 11.8 Å². The minimum atomic E-state index is -0.483. The Balaban J connectivity index is 1.68. The molecule has 6 heteroatoms. The second-order valence-corrected chi connectivity index (χ2v) is 9.04. The van der Waals surface area contributed by atoms with Gasteiger partial charge in [-0.05, 0) is 66.8 Å². The molecule has 2 aromatic rings. The Morgan fingerprint density at radius 1 is 1.36 bits per heavy atom. The van der Waals surface area contributed by atoms with Crippen LogP contribution in [0.1, 0.15) is 65.0 Å². The summed E-state index contributed by atoms with van der Waals surface area (Å²) in [5.74, 6) is 0.905. The highest BCUT2D eigenvalue weighted by Crippen LogP contribution is 2.39. The maximum Gasteiger partial charge on any atom is 0.262 e.